The minimum atomic E-state index is 0. The van der Waals surface area contributed by atoms with Gasteiger partial charge in [0.25, 0.3) is 0 Å². The molecule has 1 heterocycles. The molecule has 0 spiro atoms. The zero-order chi connectivity index (χ0) is 5.28. The average molecular weight is 329 g/mol. The summed E-state index contributed by atoms with van der Waals surface area (Å²) in [4.78, 5) is 12.3. The summed E-state index contributed by atoms with van der Waals surface area (Å²) in [6, 6.07) is 0. The van der Waals surface area contributed by atoms with Gasteiger partial charge in [-0.15, -0.1) is 0 Å². The first kappa shape index (κ1) is 12.0. The first-order valence-corrected chi connectivity index (χ1v) is 2.54. The molecule has 1 aliphatic rings. The third-order valence-electron chi connectivity index (χ3n) is 1.31. The van der Waals surface area contributed by atoms with E-state index in [0.717, 1.165) is 19.4 Å². The molecule has 1 amide bonds. The minimum absolute atomic E-state index is 0. The van der Waals surface area contributed by atoms with Gasteiger partial charge in [0.15, 0.2) is 0 Å². The molecule has 9 heavy (non-hydrogen) atoms. The van der Waals surface area contributed by atoms with Gasteiger partial charge in [0.2, 0.25) is 5.91 Å². The molecule has 0 radical (unpaired) electrons. The van der Waals surface area contributed by atoms with Crippen LogP contribution in [0.3, 0.4) is 0 Å². The van der Waals surface area contributed by atoms with Gasteiger partial charge in [-0.25, -0.2) is 0 Å². The molecule has 0 aliphatic carbocycles. The van der Waals surface area contributed by atoms with Gasteiger partial charge in [0.1, 0.15) is 0 Å². The summed E-state index contributed by atoms with van der Waals surface area (Å²) < 4.78 is 0. The predicted molar refractivity (Wildman–Crippen MR) is 40.4 cm³/mol. The van der Waals surface area contributed by atoms with E-state index < -0.39 is 0 Å². The van der Waals surface area contributed by atoms with Crippen molar-refractivity contribution in [3.63, 3.8) is 0 Å². The molecule has 0 bridgehead atoms. The normalized spacial score (nSPS) is 16.6. The Bertz CT molecular complexity index is 97.0. The summed E-state index contributed by atoms with van der Waals surface area (Å²) in [6.45, 7) is 0.957. The Morgan fingerprint density at radius 3 is 2.22 bits per heavy atom. The standard InChI is InChI=1S/C5H9NO.Bi.H2O.3H/c1-6-4-2-3-5(6)7;;;;;/h2-4H2,1H3;;1H2;;;. The van der Waals surface area contributed by atoms with Crippen molar-refractivity contribution in [2.45, 2.75) is 12.8 Å². The maximum absolute atomic E-state index is 10.5. The second kappa shape index (κ2) is 5.13. The van der Waals surface area contributed by atoms with Crippen LogP contribution in [0.15, 0.2) is 0 Å². The van der Waals surface area contributed by atoms with E-state index in [1.54, 1.807) is 4.90 Å². The molecule has 0 atom stereocenters. The van der Waals surface area contributed by atoms with Crippen molar-refractivity contribution in [3.05, 3.63) is 0 Å². The monoisotopic (exact) mass is 329 g/mol. The number of rotatable bonds is 0. The molecule has 1 aliphatic heterocycles. The zero-order valence-electron chi connectivity index (χ0n) is 5.68. The molecule has 0 unspecified atom stereocenters. The number of hydrogen-bond acceptors (Lipinski definition) is 1. The molecule has 1 fully saturated rings. The fraction of sp³-hybridized carbons (Fsp3) is 0.800. The van der Waals surface area contributed by atoms with Crippen LogP contribution >= 0.6 is 0 Å². The molecule has 1 rings (SSSR count). The van der Waals surface area contributed by atoms with Gasteiger partial charge in [0, 0.05) is 20.0 Å². The Balaban J connectivity index is 0. The van der Waals surface area contributed by atoms with Crippen LogP contribution in [0.5, 0.6) is 0 Å². The zero-order valence-corrected chi connectivity index (χ0v) is 11.2. The molecule has 3 nitrogen and oxygen atoms in total. The molecule has 0 aromatic carbocycles. The van der Waals surface area contributed by atoms with Gasteiger partial charge in [-0.05, 0) is 6.42 Å². The van der Waals surface area contributed by atoms with E-state index in [4.69, 9.17) is 0 Å². The van der Waals surface area contributed by atoms with Crippen LogP contribution in [0.25, 0.3) is 0 Å². The number of carbonyl (C=O) groups excluding carboxylic acids is 1. The fourth-order valence-corrected chi connectivity index (χ4v) is 0.783. The topological polar surface area (TPSA) is 51.8 Å². The molecular weight excluding hydrogens is 315 g/mol. The van der Waals surface area contributed by atoms with Gasteiger partial charge < -0.3 is 10.4 Å². The van der Waals surface area contributed by atoms with Crippen LogP contribution in [0, 0.1) is 0 Å². The Hall–Kier alpha value is 0.313. The molecule has 4 heteroatoms. The van der Waals surface area contributed by atoms with Gasteiger partial charge >= 0.3 is 26.2 Å². The van der Waals surface area contributed by atoms with Crippen LogP contribution in [-0.4, -0.2) is 56.1 Å². The molecule has 0 aromatic heterocycles. The Kier molecular flexibility index (Phi) is 6.85. The van der Waals surface area contributed by atoms with Crippen molar-refractivity contribution in [3.8, 4) is 0 Å². The summed E-state index contributed by atoms with van der Waals surface area (Å²) >= 11 is 0. The Labute approximate surface area is 73.8 Å². The van der Waals surface area contributed by atoms with E-state index in [1.165, 1.54) is 0 Å². The molecule has 2 N–H and O–H groups in total. The quantitative estimate of drug-likeness (QED) is 0.486. The fourth-order valence-electron chi connectivity index (χ4n) is 0.783. The third kappa shape index (κ3) is 3.12. The average Bonchev–Trinajstić information content (AvgIpc) is 1.91. The molecule has 0 saturated carbocycles. The SMILES string of the molecule is CN1CCCC1=O.O.[BiH3]. The third-order valence-corrected chi connectivity index (χ3v) is 1.31. The number of nitrogens with zero attached hydrogens (tertiary/aromatic N) is 1. The van der Waals surface area contributed by atoms with Crippen molar-refractivity contribution >= 4 is 32.1 Å². The first-order chi connectivity index (χ1) is 3.30. The first-order valence-electron chi connectivity index (χ1n) is 2.54. The van der Waals surface area contributed by atoms with Crippen molar-refractivity contribution in [1.82, 2.24) is 4.90 Å². The van der Waals surface area contributed by atoms with Crippen LogP contribution in [0.4, 0.5) is 0 Å². The summed E-state index contributed by atoms with van der Waals surface area (Å²) in [5.41, 5.74) is 0. The Morgan fingerprint density at radius 1 is 1.56 bits per heavy atom. The molecule has 0 aromatic rings. The molecular formula is C5H14BiNO2. The van der Waals surface area contributed by atoms with Crippen LogP contribution in [0.1, 0.15) is 12.8 Å². The molecule has 56 valence electrons. The van der Waals surface area contributed by atoms with E-state index in [1.807, 2.05) is 7.05 Å². The number of carbonyl (C=O) groups is 1. The van der Waals surface area contributed by atoms with E-state index in [2.05, 4.69) is 0 Å². The molecule has 1 saturated heterocycles. The second-order valence-corrected chi connectivity index (χ2v) is 1.92. The maximum atomic E-state index is 10.5. The summed E-state index contributed by atoms with van der Waals surface area (Å²) in [5.74, 6) is 0.292. The van der Waals surface area contributed by atoms with E-state index in [-0.39, 0.29) is 31.7 Å². The summed E-state index contributed by atoms with van der Waals surface area (Å²) in [7, 11) is 1.84. The second-order valence-electron chi connectivity index (χ2n) is 1.92. The van der Waals surface area contributed by atoms with E-state index in [9.17, 15) is 4.79 Å². The van der Waals surface area contributed by atoms with Gasteiger partial charge in [0.05, 0.1) is 0 Å². The van der Waals surface area contributed by atoms with Crippen molar-refractivity contribution in [1.29, 1.82) is 0 Å². The van der Waals surface area contributed by atoms with Crippen molar-refractivity contribution in [2.24, 2.45) is 0 Å². The van der Waals surface area contributed by atoms with Crippen LogP contribution < -0.4 is 0 Å². The predicted octanol–water partition coefficient (Wildman–Crippen LogP) is -1.77. The van der Waals surface area contributed by atoms with Gasteiger partial charge in [-0.2, -0.15) is 0 Å². The summed E-state index contributed by atoms with van der Waals surface area (Å²) in [6.07, 6.45) is 1.81. The van der Waals surface area contributed by atoms with E-state index in [0.29, 0.717) is 5.91 Å². The van der Waals surface area contributed by atoms with Crippen molar-refractivity contribution < 1.29 is 10.3 Å². The van der Waals surface area contributed by atoms with E-state index >= 15 is 0 Å². The van der Waals surface area contributed by atoms with Crippen LogP contribution in [-0.2, 0) is 4.79 Å². The van der Waals surface area contributed by atoms with Gasteiger partial charge in [-0.3, -0.25) is 4.79 Å². The summed E-state index contributed by atoms with van der Waals surface area (Å²) in [5, 5.41) is 0. The van der Waals surface area contributed by atoms with Crippen molar-refractivity contribution in [2.75, 3.05) is 13.6 Å². The van der Waals surface area contributed by atoms with Crippen LogP contribution in [0.2, 0.25) is 0 Å². The van der Waals surface area contributed by atoms with Gasteiger partial charge in [-0.1, -0.05) is 0 Å². The Morgan fingerprint density at radius 2 is 2.11 bits per heavy atom. The number of likely N-dealkylation sites (tertiary alicyclic amines) is 1. The number of hydrogen-bond donors (Lipinski definition) is 0. The number of amides is 1.